The molecule has 1 atom stereocenters. The summed E-state index contributed by atoms with van der Waals surface area (Å²) in [6.07, 6.45) is 3.69. The van der Waals surface area contributed by atoms with E-state index < -0.39 is 10.0 Å². The van der Waals surface area contributed by atoms with Crippen LogP contribution in [0.3, 0.4) is 0 Å². The molecule has 0 spiro atoms. The Labute approximate surface area is 152 Å². The van der Waals surface area contributed by atoms with E-state index in [9.17, 15) is 8.42 Å². The molecule has 1 fully saturated rings. The van der Waals surface area contributed by atoms with Crippen molar-refractivity contribution in [1.82, 2.24) is 14.7 Å². The number of sulfonamides is 1. The maximum Gasteiger partial charge on any atom is 0.225 e. The second kappa shape index (κ2) is 6.66. The largest absolute Gasteiger partial charge is 0.339 e. The first kappa shape index (κ1) is 16.9. The summed E-state index contributed by atoms with van der Waals surface area (Å²) in [6, 6.07) is 16.3. The van der Waals surface area contributed by atoms with Crippen LogP contribution in [-0.4, -0.2) is 43.8 Å². The number of hydrogen-bond donors (Lipinski definition) is 1. The lowest BCUT2D eigenvalue weighted by atomic mass is 10.1. The molecular weight excluding hydrogens is 348 g/mol. The van der Waals surface area contributed by atoms with Gasteiger partial charge in [0, 0.05) is 30.9 Å². The molecule has 1 aliphatic rings. The van der Waals surface area contributed by atoms with Crippen molar-refractivity contribution in [3.05, 3.63) is 54.7 Å². The predicted molar refractivity (Wildman–Crippen MR) is 104 cm³/mol. The Bertz CT molecular complexity index is 1050. The highest BCUT2D eigenvalue weighted by molar-refractivity contribution is 7.88. The van der Waals surface area contributed by atoms with Gasteiger partial charge in [0.15, 0.2) is 0 Å². The lowest BCUT2D eigenvalue weighted by molar-refractivity contribution is 0.567. The monoisotopic (exact) mass is 368 g/mol. The highest BCUT2D eigenvalue weighted by atomic mass is 32.2. The van der Waals surface area contributed by atoms with Gasteiger partial charge < -0.3 is 4.90 Å². The van der Waals surface area contributed by atoms with Crippen LogP contribution in [0.2, 0.25) is 0 Å². The minimum Gasteiger partial charge on any atom is -0.339 e. The van der Waals surface area contributed by atoms with E-state index in [-0.39, 0.29) is 6.04 Å². The van der Waals surface area contributed by atoms with Crippen LogP contribution in [0.1, 0.15) is 6.42 Å². The molecule has 0 radical (unpaired) electrons. The van der Waals surface area contributed by atoms with E-state index in [0.29, 0.717) is 12.5 Å². The van der Waals surface area contributed by atoms with Crippen LogP contribution in [0.15, 0.2) is 54.7 Å². The maximum atomic E-state index is 11.4. The summed E-state index contributed by atoms with van der Waals surface area (Å²) in [6.45, 7) is 1.31. The Kier molecular flexibility index (Phi) is 4.34. The van der Waals surface area contributed by atoms with Gasteiger partial charge in [-0.3, -0.25) is 0 Å². The molecule has 1 N–H and O–H groups in total. The number of nitrogens with zero attached hydrogens (tertiary/aromatic N) is 3. The first-order valence-corrected chi connectivity index (χ1v) is 10.4. The van der Waals surface area contributed by atoms with E-state index in [1.165, 1.54) is 17.0 Å². The fourth-order valence-corrected chi connectivity index (χ4v) is 4.15. The summed E-state index contributed by atoms with van der Waals surface area (Å²) >= 11 is 0. The number of rotatable bonds is 4. The van der Waals surface area contributed by atoms with Crippen LogP contribution in [0.4, 0.5) is 5.95 Å². The number of nitrogens with one attached hydrogen (secondary N) is 1. The van der Waals surface area contributed by atoms with Crippen LogP contribution in [0.5, 0.6) is 0 Å². The first-order valence-electron chi connectivity index (χ1n) is 8.52. The van der Waals surface area contributed by atoms with Gasteiger partial charge in [0.1, 0.15) is 0 Å². The van der Waals surface area contributed by atoms with Crippen molar-refractivity contribution in [2.75, 3.05) is 24.2 Å². The van der Waals surface area contributed by atoms with Crippen molar-refractivity contribution in [3.63, 3.8) is 0 Å². The Balaban J connectivity index is 1.58. The van der Waals surface area contributed by atoms with E-state index in [2.05, 4.69) is 40.0 Å². The van der Waals surface area contributed by atoms with E-state index >= 15 is 0 Å². The summed E-state index contributed by atoms with van der Waals surface area (Å²) in [7, 11) is -3.20. The third-order valence-electron chi connectivity index (χ3n) is 4.54. The Morgan fingerprint density at radius 3 is 2.73 bits per heavy atom. The van der Waals surface area contributed by atoms with Crippen LogP contribution in [0.25, 0.3) is 22.0 Å². The van der Waals surface area contributed by atoms with Gasteiger partial charge in [-0.25, -0.2) is 23.1 Å². The fraction of sp³-hybridized carbons (Fsp3) is 0.263. The zero-order valence-electron chi connectivity index (χ0n) is 14.5. The van der Waals surface area contributed by atoms with Gasteiger partial charge in [0.05, 0.1) is 11.9 Å². The molecule has 1 aliphatic heterocycles. The molecule has 0 unspecified atom stereocenters. The Hall–Kier alpha value is -2.51. The number of benzene rings is 2. The van der Waals surface area contributed by atoms with Crippen LogP contribution < -0.4 is 9.62 Å². The fourth-order valence-electron chi connectivity index (χ4n) is 3.35. The Morgan fingerprint density at radius 1 is 1.12 bits per heavy atom. The van der Waals surface area contributed by atoms with Gasteiger partial charge in [-0.1, -0.05) is 36.4 Å². The van der Waals surface area contributed by atoms with Crippen molar-refractivity contribution in [1.29, 1.82) is 0 Å². The minimum absolute atomic E-state index is 0.0991. The second-order valence-electron chi connectivity index (χ2n) is 6.63. The standard InChI is InChI=1S/C19H20N4O2S/c1-26(24,25)22-17-9-11-23(13-17)19-20-10-8-18(21-19)16-7-6-14-4-2-3-5-15(14)12-16/h2-8,10,12,17,22H,9,11,13H2,1H3/t17-/m0/s1. The number of aromatic nitrogens is 2. The molecular formula is C19H20N4O2S. The molecule has 7 heteroatoms. The average molecular weight is 368 g/mol. The van der Waals surface area contributed by atoms with Crippen LogP contribution in [-0.2, 0) is 10.0 Å². The molecule has 26 heavy (non-hydrogen) atoms. The van der Waals surface area contributed by atoms with Gasteiger partial charge in [-0.15, -0.1) is 0 Å². The van der Waals surface area contributed by atoms with Gasteiger partial charge in [-0.2, -0.15) is 0 Å². The first-order chi connectivity index (χ1) is 12.5. The highest BCUT2D eigenvalue weighted by Crippen LogP contribution is 2.25. The normalized spacial score (nSPS) is 17.7. The lowest BCUT2D eigenvalue weighted by Gasteiger charge is -2.17. The molecule has 1 aromatic heterocycles. The molecule has 4 rings (SSSR count). The zero-order chi connectivity index (χ0) is 18.1. The molecule has 0 saturated carbocycles. The lowest BCUT2D eigenvalue weighted by Crippen LogP contribution is -2.36. The molecule has 6 nitrogen and oxygen atoms in total. The smallest absolute Gasteiger partial charge is 0.225 e. The Morgan fingerprint density at radius 2 is 1.92 bits per heavy atom. The minimum atomic E-state index is -3.20. The maximum absolute atomic E-state index is 11.4. The molecule has 134 valence electrons. The van der Waals surface area contributed by atoms with Gasteiger partial charge in [-0.05, 0) is 29.3 Å². The summed E-state index contributed by atoms with van der Waals surface area (Å²) in [5, 5.41) is 2.36. The quantitative estimate of drug-likeness (QED) is 0.765. The molecule has 1 saturated heterocycles. The van der Waals surface area contributed by atoms with E-state index in [1.54, 1.807) is 6.20 Å². The highest BCUT2D eigenvalue weighted by Gasteiger charge is 2.26. The van der Waals surface area contributed by atoms with Gasteiger partial charge >= 0.3 is 0 Å². The van der Waals surface area contributed by atoms with E-state index in [1.807, 2.05) is 23.1 Å². The van der Waals surface area contributed by atoms with Crippen LogP contribution >= 0.6 is 0 Å². The molecule has 0 aliphatic carbocycles. The summed E-state index contributed by atoms with van der Waals surface area (Å²) in [5.74, 6) is 0.633. The second-order valence-corrected chi connectivity index (χ2v) is 8.41. The summed E-state index contributed by atoms with van der Waals surface area (Å²) in [5.41, 5.74) is 1.90. The molecule has 2 heterocycles. The van der Waals surface area contributed by atoms with E-state index in [4.69, 9.17) is 4.98 Å². The average Bonchev–Trinajstić information content (AvgIpc) is 3.08. The van der Waals surface area contributed by atoms with Crippen molar-refractivity contribution < 1.29 is 8.42 Å². The zero-order valence-corrected chi connectivity index (χ0v) is 15.3. The molecule has 2 aromatic carbocycles. The number of fused-ring (bicyclic) bond motifs is 1. The third-order valence-corrected chi connectivity index (χ3v) is 5.30. The van der Waals surface area contributed by atoms with Crippen molar-refractivity contribution in [3.8, 4) is 11.3 Å². The SMILES string of the molecule is CS(=O)(=O)N[C@H]1CCN(c2nccc(-c3ccc4ccccc4c3)n2)C1. The van der Waals surface area contributed by atoms with E-state index in [0.717, 1.165) is 24.2 Å². The van der Waals surface area contributed by atoms with Crippen molar-refractivity contribution >= 4 is 26.7 Å². The summed E-state index contributed by atoms with van der Waals surface area (Å²) in [4.78, 5) is 11.1. The predicted octanol–water partition coefficient (Wildman–Crippen LogP) is 2.42. The van der Waals surface area contributed by atoms with Crippen molar-refractivity contribution in [2.24, 2.45) is 0 Å². The molecule has 0 amide bonds. The van der Waals surface area contributed by atoms with Gasteiger partial charge in [0.25, 0.3) is 0 Å². The number of anilines is 1. The third kappa shape index (κ3) is 3.68. The van der Waals surface area contributed by atoms with Gasteiger partial charge in [0.2, 0.25) is 16.0 Å². The topological polar surface area (TPSA) is 75.2 Å². The van der Waals surface area contributed by atoms with Crippen LogP contribution in [0, 0.1) is 0 Å². The van der Waals surface area contributed by atoms with Crippen molar-refractivity contribution in [2.45, 2.75) is 12.5 Å². The molecule has 3 aromatic rings. The number of hydrogen-bond acceptors (Lipinski definition) is 5. The summed E-state index contributed by atoms with van der Waals surface area (Å²) < 4.78 is 25.5. The molecule has 0 bridgehead atoms.